The molecule has 3 nitrogen and oxygen atoms in total. The molecule has 1 heterocycles. The number of rotatable bonds is 0. The Kier molecular flexibility index (Phi) is 2.47. The molecule has 1 saturated carbocycles. The Hall–Kier alpha value is -1.74. The molecule has 1 aliphatic carbocycles. The molecule has 1 aliphatic heterocycles. The second-order valence-corrected chi connectivity index (χ2v) is 3.98. The van der Waals surface area contributed by atoms with E-state index in [9.17, 15) is 0 Å². The fourth-order valence-corrected chi connectivity index (χ4v) is 2.43. The highest BCUT2D eigenvalue weighted by Gasteiger charge is 2.48. The number of nitriles is 2. The van der Waals surface area contributed by atoms with Crippen molar-refractivity contribution in [3.05, 3.63) is 23.5 Å². The van der Waals surface area contributed by atoms with Crippen LogP contribution in [0.25, 0.3) is 0 Å². The first kappa shape index (κ1) is 9.80. The van der Waals surface area contributed by atoms with E-state index < -0.39 is 0 Å². The first-order chi connectivity index (χ1) is 7.32. The highest BCUT2D eigenvalue weighted by molar-refractivity contribution is 5.47. The topological polar surface area (TPSA) is 56.8 Å². The largest absolute Gasteiger partial charge is 0.481 e. The van der Waals surface area contributed by atoms with Gasteiger partial charge in [-0.3, -0.25) is 0 Å². The van der Waals surface area contributed by atoms with Gasteiger partial charge in [0.1, 0.15) is 11.4 Å². The van der Waals surface area contributed by atoms with Gasteiger partial charge in [-0.2, -0.15) is 10.5 Å². The first-order valence-corrected chi connectivity index (χ1v) is 5.22. The van der Waals surface area contributed by atoms with Gasteiger partial charge in [0.2, 0.25) is 0 Å². The van der Waals surface area contributed by atoms with Gasteiger partial charge in [0.15, 0.2) is 0 Å². The molecule has 3 heteroatoms. The second-order valence-electron chi connectivity index (χ2n) is 3.98. The van der Waals surface area contributed by atoms with E-state index in [-0.39, 0.29) is 5.60 Å². The highest BCUT2D eigenvalue weighted by Crippen LogP contribution is 2.50. The maximum Gasteiger partial charge on any atom is 0.139 e. The van der Waals surface area contributed by atoms with Gasteiger partial charge in [-0.05, 0) is 25.7 Å². The third kappa shape index (κ3) is 1.51. The minimum Gasteiger partial charge on any atom is -0.481 e. The van der Waals surface area contributed by atoms with Crippen molar-refractivity contribution in [1.29, 1.82) is 10.5 Å². The molecule has 15 heavy (non-hydrogen) atoms. The van der Waals surface area contributed by atoms with Crippen LogP contribution in [0.15, 0.2) is 23.5 Å². The first-order valence-electron chi connectivity index (χ1n) is 5.22. The highest BCUT2D eigenvalue weighted by atomic mass is 16.5. The lowest BCUT2D eigenvalue weighted by Crippen LogP contribution is -2.46. The van der Waals surface area contributed by atoms with Crippen molar-refractivity contribution in [3.8, 4) is 12.1 Å². The van der Waals surface area contributed by atoms with Gasteiger partial charge in [0.25, 0.3) is 0 Å². The lowest BCUT2D eigenvalue weighted by atomic mass is 9.74. The third-order valence-electron chi connectivity index (χ3n) is 3.13. The Balaban J connectivity index is 2.25. The van der Waals surface area contributed by atoms with Crippen LogP contribution in [0, 0.1) is 22.7 Å². The summed E-state index contributed by atoms with van der Waals surface area (Å²) in [6.45, 7) is 0. The van der Waals surface area contributed by atoms with Crippen molar-refractivity contribution in [2.75, 3.05) is 0 Å². The molecular formula is C12H12N2O. The van der Waals surface area contributed by atoms with Gasteiger partial charge < -0.3 is 4.74 Å². The standard InChI is InChI=1S/C12H12N2O/c13-8-4-10-11(5-9-14)15-12(10)6-2-1-3-7-12/h4-5H,1-3,6-7H2/b10-4-,11-5+. The third-order valence-corrected chi connectivity index (χ3v) is 3.13. The Bertz CT molecular complexity index is 400. The van der Waals surface area contributed by atoms with Crippen LogP contribution in [-0.4, -0.2) is 5.60 Å². The molecule has 0 radical (unpaired) electrons. The summed E-state index contributed by atoms with van der Waals surface area (Å²) in [5.41, 5.74) is 0.683. The van der Waals surface area contributed by atoms with Crippen molar-refractivity contribution >= 4 is 0 Å². The molecule has 76 valence electrons. The molecule has 0 N–H and O–H groups in total. The fraction of sp³-hybridized carbons (Fsp3) is 0.500. The monoisotopic (exact) mass is 200 g/mol. The van der Waals surface area contributed by atoms with Crippen molar-refractivity contribution in [1.82, 2.24) is 0 Å². The Labute approximate surface area is 89.3 Å². The minimum absolute atomic E-state index is 0.239. The summed E-state index contributed by atoms with van der Waals surface area (Å²) in [5, 5.41) is 17.3. The summed E-state index contributed by atoms with van der Waals surface area (Å²) in [7, 11) is 0. The quantitative estimate of drug-likeness (QED) is 0.565. The average molecular weight is 200 g/mol. The maximum atomic E-state index is 8.71. The zero-order valence-corrected chi connectivity index (χ0v) is 8.49. The summed E-state index contributed by atoms with van der Waals surface area (Å²) in [4.78, 5) is 0. The molecule has 0 aromatic rings. The number of hydrogen-bond acceptors (Lipinski definition) is 3. The molecule has 0 bridgehead atoms. The van der Waals surface area contributed by atoms with E-state index >= 15 is 0 Å². The van der Waals surface area contributed by atoms with Crippen LogP contribution in [0.2, 0.25) is 0 Å². The van der Waals surface area contributed by atoms with Crippen LogP contribution in [0.1, 0.15) is 32.1 Å². The van der Waals surface area contributed by atoms with E-state index in [4.69, 9.17) is 15.3 Å². The predicted molar refractivity (Wildman–Crippen MR) is 54.3 cm³/mol. The van der Waals surface area contributed by atoms with E-state index in [2.05, 4.69) is 0 Å². The van der Waals surface area contributed by atoms with Crippen LogP contribution >= 0.6 is 0 Å². The summed E-state index contributed by atoms with van der Waals surface area (Å²) in [5.74, 6) is 0.584. The molecule has 2 rings (SSSR count). The fourth-order valence-electron chi connectivity index (χ4n) is 2.43. The van der Waals surface area contributed by atoms with Gasteiger partial charge in [0.05, 0.1) is 18.2 Å². The smallest absolute Gasteiger partial charge is 0.139 e. The maximum absolute atomic E-state index is 8.71. The van der Waals surface area contributed by atoms with Gasteiger partial charge in [-0.15, -0.1) is 0 Å². The summed E-state index contributed by atoms with van der Waals surface area (Å²) >= 11 is 0. The van der Waals surface area contributed by atoms with Crippen LogP contribution in [-0.2, 0) is 4.74 Å². The van der Waals surface area contributed by atoms with Crippen LogP contribution in [0.3, 0.4) is 0 Å². The summed E-state index contributed by atoms with van der Waals surface area (Å²) < 4.78 is 5.69. The van der Waals surface area contributed by atoms with Crippen molar-refractivity contribution in [2.45, 2.75) is 37.7 Å². The molecule has 0 aromatic carbocycles. The molecular weight excluding hydrogens is 188 g/mol. The Morgan fingerprint density at radius 2 is 1.73 bits per heavy atom. The van der Waals surface area contributed by atoms with Crippen molar-refractivity contribution in [2.24, 2.45) is 0 Å². The summed E-state index contributed by atoms with van der Waals surface area (Å²) in [6, 6.07) is 3.98. The van der Waals surface area contributed by atoms with Crippen molar-refractivity contribution in [3.63, 3.8) is 0 Å². The lowest BCUT2D eigenvalue weighted by molar-refractivity contribution is -0.0526. The number of allylic oxidation sites excluding steroid dienone is 2. The van der Waals surface area contributed by atoms with Gasteiger partial charge in [-0.1, -0.05) is 6.42 Å². The Morgan fingerprint density at radius 3 is 2.33 bits per heavy atom. The van der Waals surface area contributed by atoms with Gasteiger partial charge in [0, 0.05) is 11.6 Å². The van der Waals surface area contributed by atoms with E-state index in [1.165, 1.54) is 18.6 Å². The molecule has 0 amide bonds. The van der Waals surface area contributed by atoms with E-state index in [0.29, 0.717) is 5.76 Å². The van der Waals surface area contributed by atoms with Crippen LogP contribution in [0.4, 0.5) is 0 Å². The summed E-state index contributed by atoms with van der Waals surface area (Å²) in [6.07, 6.45) is 8.38. The van der Waals surface area contributed by atoms with E-state index in [1.54, 1.807) is 0 Å². The van der Waals surface area contributed by atoms with Gasteiger partial charge >= 0.3 is 0 Å². The minimum atomic E-state index is -0.239. The Morgan fingerprint density at radius 1 is 1.07 bits per heavy atom. The van der Waals surface area contributed by atoms with Gasteiger partial charge in [-0.25, -0.2) is 0 Å². The number of ether oxygens (including phenoxy) is 1. The average Bonchev–Trinajstić information content (AvgIpc) is 2.27. The second kappa shape index (κ2) is 3.79. The molecule has 2 aliphatic rings. The molecule has 2 fully saturated rings. The molecule has 1 saturated heterocycles. The molecule has 0 aromatic heterocycles. The SMILES string of the molecule is N#C/C=C1/OC2(CCCCC2)/C1=C\C#N. The molecule has 0 atom stereocenters. The van der Waals surface area contributed by atoms with E-state index in [0.717, 1.165) is 31.3 Å². The molecule has 1 spiro atoms. The zero-order valence-electron chi connectivity index (χ0n) is 8.49. The molecule has 0 unspecified atom stereocenters. The number of hydrogen-bond donors (Lipinski definition) is 0. The number of nitrogens with zero attached hydrogens (tertiary/aromatic N) is 2. The predicted octanol–water partition coefficient (Wildman–Crippen LogP) is 2.58. The van der Waals surface area contributed by atoms with Crippen molar-refractivity contribution < 1.29 is 4.74 Å². The lowest BCUT2D eigenvalue weighted by Gasteiger charge is -2.48. The normalized spacial score (nSPS) is 27.9. The van der Waals surface area contributed by atoms with Crippen LogP contribution < -0.4 is 0 Å². The van der Waals surface area contributed by atoms with Crippen LogP contribution in [0.5, 0.6) is 0 Å². The zero-order chi connectivity index (χ0) is 10.7. The van der Waals surface area contributed by atoms with E-state index in [1.807, 2.05) is 12.1 Å².